The Morgan fingerprint density at radius 2 is 2.00 bits per heavy atom. The molecule has 0 amide bonds. The van der Waals surface area contributed by atoms with E-state index in [1.807, 2.05) is 42.8 Å². The summed E-state index contributed by atoms with van der Waals surface area (Å²) in [5, 5.41) is 5.11. The van der Waals surface area contributed by atoms with Crippen LogP contribution in [-0.2, 0) is 6.54 Å². The Bertz CT molecular complexity index is 517. The SMILES string of the molecule is Cc1nn(Cc2ccccc2N)c(C)c1Cl. The van der Waals surface area contributed by atoms with Gasteiger partial charge in [0, 0.05) is 5.69 Å². The third kappa shape index (κ3) is 1.91. The first kappa shape index (κ1) is 11.0. The highest BCUT2D eigenvalue weighted by Crippen LogP contribution is 2.21. The van der Waals surface area contributed by atoms with Gasteiger partial charge in [-0.1, -0.05) is 29.8 Å². The fourth-order valence-electron chi connectivity index (χ4n) is 1.67. The van der Waals surface area contributed by atoms with Crippen LogP contribution in [0.4, 0.5) is 5.69 Å². The highest BCUT2D eigenvalue weighted by molar-refractivity contribution is 6.31. The minimum Gasteiger partial charge on any atom is -0.398 e. The predicted octanol–water partition coefficient (Wildman–Crippen LogP) is 2.78. The Hall–Kier alpha value is -1.48. The Morgan fingerprint density at radius 3 is 2.56 bits per heavy atom. The van der Waals surface area contributed by atoms with Gasteiger partial charge in [0.15, 0.2) is 0 Å². The van der Waals surface area contributed by atoms with E-state index in [4.69, 9.17) is 17.3 Å². The molecule has 0 atom stereocenters. The van der Waals surface area contributed by atoms with Crippen molar-refractivity contribution < 1.29 is 0 Å². The Balaban J connectivity index is 2.34. The highest BCUT2D eigenvalue weighted by atomic mass is 35.5. The molecule has 4 heteroatoms. The van der Waals surface area contributed by atoms with Crippen LogP contribution in [0.5, 0.6) is 0 Å². The number of nitrogen functional groups attached to an aromatic ring is 1. The summed E-state index contributed by atoms with van der Waals surface area (Å²) in [7, 11) is 0. The molecule has 3 nitrogen and oxygen atoms in total. The summed E-state index contributed by atoms with van der Waals surface area (Å²) in [4.78, 5) is 0. The van der Waals surface area contributed by atoms with Crippen LogP contribution in [0.2, 0.25) is 5.02 Å². The lowest BCUT2D eigenvalue weighted by Crippen LogP contribution is -2.06. The minimum atomic E-state index is 0.659. The molecule has 0 aliphatic heterocycles. The van der Waals surface area contributed by atoms with Crippen molar-refractivity contribution in [3.63, 3.8) is 0 Å². The molecule has 0 aliphatic carbocycles. The van der Waals surface area contributed by atoms with Crippen molar-refractivity contribution >= 4 is 17.3 Å². The van der Waals surface area contributed by atoms with Gasteiger partial charge in [-0.2, -0.15) is 5.10 Å². The van der Waals surface area contributed by atoms with Gasteiger partial charge >= 0.3 is 0 Å². The largest absolute Gasteiger partial charge is 0.398 e. The van der Waals surface area contributed by atoms with Crippen molar-refractivity contribution in [1.82, 2.24) is 9.78 Å². The van der Waals surface area contributed by atoms with Gasteiger partial charge in [0.05, 0.1) is 23.0 Å². The zero-order chi connectivity index (χ0) is 11.7. The zero-order valence-electron chi connectivity index (χ0n) is 9.37. The molecular formula is C12H14ClN3. The maximum atomic E-state index is 6.09. The number of rotatable bonds is 2. The molecule has 84 valence electrons. The van der Waals surface area contributed by atoms with Gasteiger partial charge in [0.1, 0.15) is 0 Å². The van der Waals surface area contributed by atoms with E-state index in [9.17, 15) is 0 Å². The summed E-state index contributed by atoms with van der Waals surface area (Å²) in [5.41, 5.74) is 9.56. The summed E-state index contributed by atoms with van der Waals surface area (Å²) in [6.45, 7) is 4.52. The van der Waals surface area contributed by atoms with Crippen LogP contribution >= 0.6 is 11.6 Å². The number of halogens is 1. The summed E-state index contributed by atoms with van der Waals surface area (Å²) in [6.07, 6.45) is 0. The molecule has 2 rings (SSSR count). The van der Waals surface area contributed by atoms with Gasteiger partial charge in [-0.25, -0.2) is 0 Å². The number of nitrogens with zero attached hydrogens (tertiary/aromatic N) is 2. The Morgan fingerprint density at radius 1 is 1.31 bits per heavy atom. The molecule has 1 aromatic heterocycles. The predicted molar refractivity (Wildman–Crippen MR) is 66.7 cm³/mol. The monoisotopic (exact) mass is 235 g/mol. The lowest BCUT2D eigenvalue weighted by Gasteiger charge is -2.07. The van der Waals surface area contributed by atoms with Crippen LogP contribution < -0.4 is 5.73 Å². The molecule has 0 unspecified atom stereocenters. The average molecular weight is 236 g/mol. The topological polar surface area (TPSA) is 43.8 Å². The van der Waals surface area contributed by atoms with Crippen molar-refractivity contribution in [2.75, 3.05) is 5.73 Å². The van der Waals surface area contributed by atoms with Gasteiger partial charge in [0.2, 0.25) is 0 Å². The number of nitrogens with two attached hydrogens (primary N) is 1. The van der Waals surface area contributed by atoms with E-state index in [0.29, 0.717) is 6.54 Å². The number of para-hydroxylation sites is 1. The molecule has 0 saturated carbocycles. The molecule has 1 aromatic carbocycles. The van der Waals surface area contributed by atoms with Gasteiger partial charge in [-0.05, 0) is 25.5 Å². The highest BCUT2D eigenvalue weighted by Gasteiger charge is 2.09. The lowest BCUT2D eigenvalue weighted by atomic mass is 10.2. The second-order valence-corrected chi connectivity index (χ2v) is 4.22. The molecule has 2 aromatic rings. The summed E-state index contributed by atoms with van der Waals surface area (Å²) >= 11 is 6.09. The molecule has 0 fully saturated rings. The lowest BCUT2D eigenvalue weighted by molar-refractivity contribution is 0.660. The summed E-state index contributed by atoms with van der Waals surface area (Å²) in [6, 6.07) is 7.79. The third-order valence-electron chi connectivity index (χ3n) is 2.67. The average Bonchev–Trinajstić information content (AvgIpc) is 2.50. The first-order valence-electron chi connectivity index (χ1n) is 5.12. The van der Waals surface area contributed by atoms with E-state index in [2.05, 4.69) is 5.10 Å². The molecule has 16 heavy (non-hydrogen) atoms. The molecule has 0 radical (unpaired) electrons. The van der Waals surface area contributed by atoms with E-state index in [1.54, 1.807) is 0 Å². The standard InChI is InChI=1S/C12H14ClN3/c1-8-12(13)9(2)16(15-8)7-10-5-3-4-6-11(10)14/h3-6H,7,14H2,1-2H3. The summed E-state index contributed by atoms with van der Waals surface area (Å²) < 4.78 is 1.88. The molecular weight excluding hydrogens is 222 g/mol. The van der Waals surface area contributed by atoms with Gasteiger partial charge in [-0.15, -0.1) is 0 Å². The minimum absolute atomic E-state index is 0.659. The van der Waals surface area contributed by atoms with E-state index in [-0.39, 0.29) is 0 Å². The molecule has 0 aliphatic rings. The third-order valence-corrected chi connectivity index (χ3v) is 3.22. The number of hydrogen-bond acceptors (Lipinski definition) is 2. The van der Waals surface area contributed by atoms with Gasteiger partial charge < -0.3 is 5.73 Å². The molecule has 0 bridgehead atoms. The number of hydrogen-bond donors (Lipinski definition) is 1. The van der Waals surface area contributed by atoms with Gasteiger partial charge in [-0.3, -0.25) is 4.68 Å². The number of anilines is 1. The molecule has 2 N–H and O–H groups in total. The van der Waals surface area contributed by atoms with Crippen molar-refractivity contribution in [3.05, 3.63) is 46.2 Å². The van der Waals surface area contributed by atoms with Crippen LogP contribution in [0.25, 0.3) is 0 Å². The second kappa shape index (κ2) is 4.18. The van der Waals surface area contributed by atoms with E-state index < -0.39 is 0 Å². The zero-order valence-corrected chi connectivity index (χ0v) is 10.1. The van der Waals surface area contributed by atoms with Crippen LogP contribution in [0.1, 0.15) is 17.0 Å². The van der Waals surface area contributed by atoms with Crippen molar-refractivity contribution in [1.29, 1.82) is 0 Å². The van der Waals surface area contributed by atoms with E-state index >= 15 is 0 Å². The Labute approximate surface area is 99.8 Å². The summed E-state index contributed by atoms with van der Waals surface area (Å²) in [5.74, 6) is 0. The fraction of sp³-hybridized carbons (Fsp3) is 0.250. The van der Waals surface area contributed by atoms with Crippen LogP contribution in [-0.4, -0.2) is 9.78 Å². The number of aromatic nitrogens is 2. The first-order chi connectivity index (χ1) is 7.59. The van der Waals surface area contributed by atoms with Crippen LogP contribution in [0.3, 0.4) is 0 Å². The quantitative estimate of drug-likeness (QED) is 0.814. The van der Waals surface area contributed by atoms with Crippen molar-refractivity contribution in [2.24, 2.45) is 0 Å². The normalized spacial score (nSPS) is 10.7. The van der Waals surface area contributed by atoms with Crippen LogP contribution in [0.15, 0.2) is 24.3 Å². The number of benzene rings is 1. The van der Waals surface area contributed by atoms with E-state index in [1.165, 1.54) is 0 Å². The maximum Gasteiger partial charge on any atom is 0.0844 e. The van der Waals surface area contributed by atoms with Gasteiger partial charge in [0.25, 0.3) is 0 Å². The fourth-order valence-corrected chi connectivity index (χ4v) is 1.80. The smallest absolute Gasteiger partial charge is 0.0844 e. The molecule has 1 heterocycles. The second-order valence-electron chi connectivity index (χ2n) is 3.84. The van der Waals surface area contributed by atoms with E-state index in [0.717, 1.165) is 27.7 Å². The Kier molecular flexibility index (Phi) is 2.88. The maximum absolute atomic E-state index is 6.09. The molecule has 0 saturated heterocycles. The number of aryl methyl sites for hydroxylation is 1. The van der Waals surface area contributed by atoms with Crippen molar-refractivity contribution in [2.45, 2.75) is 20.4 Å². The first-order valence-corrected chi connectivity index (χ1v) is 5.50. The van der Waals surface area contributed by atoms with Crippen molar-refractivity contribution in [3.8, 4) is 0 Å². The van der Waals surface area contributed by atoms with Crippen LogP contribution in [0, 0.1) is 13.8 Å². The molecule has 0 spiro atoms.